The molecule has 1 amide bonds. The van der Waals surface area contributed by atoms with Gasteiger partial charge in [-0.05, 0) is 32.4 Å². The number of hydrogen-bond donors (Lipinski definition) is 1. The number of rotatable bonds is 4. The largest absolute Gasteiger partial charge is 0.375 e. The molecular formula is C15H23N3O2. The molecule has 5 heteroatoms. The normalized spacial score (nSPS) is 22.6. The summed E-state index contributed by atoms with van der Waals surface area (Å²) < 4.78 is 5.58. The molecule has 1 aliphatic heterocycles. The van der Waals surface area contributed by atoms with Crippen LogP contribution in [0.25, 0.3) is 0 Å². The lowest BCUT2D eigenvalue weighted by molar-refractivity contribution is -0.0386. The maximum atomic E-state index is 12.7. The third-order valence-electron chi connectivity index (χ3n) is 3.45. The fourth-order valence-electron chi connectivity index (χ4n) is 2.30. The standard InChI is InChI=1S/C15H23N3O2/c1-4-7-16-14-13(6-5-8-17-14)15(19)18-9-12(3)20-10-11(18)2/h5-6,8,11-12H,4,7,9-10H2,1-3H3,(H,16,17). The van der Waals surface area contributed by atoms with Crippen molar-refractivity contribution in [2.75, 3.05) is 25.0 Å². The van der Waals surface area contributed by atoms with E-state index in [-0.39, 0.29) is 18.1 Å². The number of carbonyl (C=O) groups excluding carboxylic acids is 1. The summed E-state index contributed by atoms with van der Waals surface area (Å²) in [7, 11) is 0. The minimum atomic E-state index is 0.0272. The summed E-state index contributed by atoms with van der Waals surface area (Å²) >= 11 is 0. The van der Waals surface area contributed by atoms with E-state index >= 15 is 0 Å². The highest BCUT2D eigenvalue weighted by Crippen LogP contribution is 2.19. The van der Waals surface area contributed by atoms with Crippen molar-refractivity contribution in [1.29, 1.82) is 0 Å². The van der Waals surface area contributed by atoms with Crippen LogP contribution in [0, 0.1) is 0 Å². The van der Waals surface area contributed by atoms with Crippen LogP contribution in [0.5, 0.6) is 0 Å². The highest BCUT2D eigenvalue weighted by atomic mass is 16.5. The van der Waals surface area contributed by atoms with Gasteiger partial charge in [-0.1, -0.05) is 6.92 Å². The summed E-state index contributed by atoms with van der Waals surface area (Å²) in [5, 5.41) is 3.22. The molecule has 0 bridgehead atoms. The van der Waals surface area contributed by atoms with Crippen LogP contribution in [0.4, 0.5) is 5.82 Å². The SMILES string of the molecule is CCCNc1ncccc1C(=O)N1CC(C)OCC1C. The van der Waals surface area contributed by atoms with Crippen LogP contribution < -0.4 is 5.32 Å². The summed E-state index contributed by atoms with van der Waals surface area (Å²) in [6, 6.07) is 3.73. The van der Waals surface area contributed by atoms with Crippen LogP contribution in [-0.4, -0.2) is 47.6 Å². The number of nitrogens with one attached hydrogen (secondary N) is 1. The van der Waals surface area contributed by atoms with Crippen molar-refractivity contribution in [1.82, 2.24) is 9.88 Å². The Hall–Kier alpha value is -1.62. The van der Waals surface area contributed by atoms with Crippen LogP contribution in [0.15, 0.2) is 18.3 Å². The maximum absolute atomic E-state index is 12.7. The van der Waals surface area contributed by atoms with Gasteiger partial charge in [0.1, 0.15) is 5.82 Å². The molecule has 1 saturated heterocycles. The fourth-order valence-corrected chi connectivity index (χ4v) is 2.30. The summed E-state index contributed by atoms with van der Waals surface area (Å²) in [5.74, 6) is 0.699. The second kappa shape index (κ2) is 6.70. The van der Waals surface area contributed by atoms with Gasteiger partial charge in [0.05, 0.1) is 24.3 Å². The molecule has 0 aromatic carbocycles. The summed E-state index contributed by atoms with van der Waals surface area (Å²) in [6.45, 7) is 8.12. The third-order valence-corrected chi connectivity index (χ3v) is 3.45. The Balaban J connectivity index is 2.19. The first-order valence-electron chi connectivity index (χ1n) is 7.25. The summed E-state index contributed by atoms with van der Waals surface area (Å²) in [4.78, 5) is 18.9. The smallest absolute Gasteiger partial charge is 0.258 e. The average Bonchev–Trinajstić information content (AvgIpc) is 2.47. The van der Waals surface area contributed by atoms with Gasteiger partial charge in [0, 0.05) is 19.3 Å². The van der Waals surface area contributed by atoms with Crippen molar-refractivity contribution in [2.24, 2.45) is 0 Å². The van der Waals surface area contributed by atoms with Gasteiger partial charge in [-0.2, -0.15) is 0 Å². The molecule has 0 radical (unpaired) electrons. The number of anilines is 1. The van der Waals surface area contributed by atoms with Gasteiger partial charge in [-0.25, -0.2) is 4.98 Å². The Kier molecular flexibility index (Phi) is 4.95. The number of nitrogens with zero attached hydrogens (tertiary/aromatic N) is 2. The number of amides is 1. The predicted molar refractivity (Wildman–Crippen MR) is 78.9 cm³/mol. The quantitative estimate of drug-likeness (QED) is 0.916. The van der Waals surface area contributed by atoms with Crippen LogP contribution in [-0.2, 0) is 4.74 Å². The van der Waals surface area contributed by atoms with Crippen molar-refractivity contribution >= 4 is 11.7 Å². The number of aromatic nitrogens is 1. The van der Waals surface area contributed by atoms with Gasteiger partial charge in [0.15, 0.2) is 0 Å². The highest BCUT2D eigenvalue weighted by molar-refractivity contribution is 5.99. The second-order valence-electron chi connectivity index (χ2n) is 5.28. The number of ether oxygens (including phenoxy) is 1. The van der Waals surface area contributed by atoms with Crippen molar-refractivity contribution < 1.29 is 9.53 Å². The molecule has 2 atom stereocenters. The minimum Gasteiger partial charge on any atom is -0.375 e. The molecule has 1 aliphatic rings. The Labute approximate surface area is 120 Å². The molecule has 2 unspecified atom stereocenters. The molecule has 1 fully saturated rings. The van der Waals surface area contributed by atoms with Crippen molar-refractivity contribution in [2.45, 2.75) is 39.3 Å². The summed E-state index contributed by atoms with van der Waals surface area (Å²) in [6.07, 6.45) is 2.79. The van der Waals surface area contributed by atoms with E-state index in [4.69, 9.17) is 4.74 Å². The van der Waals surface area contributed by atoms with E-state index in [9.17, 15) is 4.79 Å². The monoisotopic (exact) mass is 277 g/mol. The molecule has 110 valence electrons. The van der Waals surface area contributed by atoms with E-state index < -0.39 is 0 Å². The zero-order chi connectivity index (χ0) is 14.5. The van der Waals surface area contributed by atoms with Crippen molar-refractivity contribution in [3.63, 3.8) is 0 Å². The molecule has 0 aliphatic carbocycles. The number of hydrogen-bond acceptors (Lipinski definition) is 4. The Morgan fingerprint density at radius 1 is 1.55 bits per heavy atom. The average molecular weight is 277 g/mol. The lowest BCUT2D eigenvalue weighted by Crippen LogP contribution is -2.50. The van der Waals surface area contributed by atoms with E-state index in [0.29, 0.717) is 24.5 Å². The molecular weight excluding hydrogens is 254 g/mol. The van der Waals surface area contributed by atoms with Gasteiger partial charge >= 0.3 is 0 Å². The highest BCUT2D eigenvalue weighted by Gasteiger charge is 2.29. The van der Waals surface area contributed by atoms with Crippen LogP contribution in [0.2, 0.25) is 0 Å². The Morgan fingerprint density at radius 3 is 3.10 bits per heavy atom. The van der Waals surface area contributed by atoms with Gasteiger partial charge in [-0.3, -0.25) is 4.79 Å². The first kappa shape index (κ1) is 14.8. The van der Waals surface area contributed by atoms with E-state index in [0.717, 1.165) is 13.0 Å². The molecule has 0 saturated carbocycles. The number of carbonyl (C=O) groups is 1. The fraction of sp³-hybridized carbons (Fsp3) is 0.600. The van der Waals surface area contributed by atoms with Crippen molar-refractivity contribution in [3.8, 4) is 0 Å². The molecule has 20 heavy (non-hydrogen) atoms. The predicted octanol–water partition coefficient (Wildman–Crippen LogP) is 2.15. The Bertz CT molecular complexity index is 464. The van der Waals surface area contributed by atoms with Gasteiger partial charge < -0.3 is 15.0 Å². The molecule has 5 nitrogen and oxygen atoms in total. The van der Waals surface area contributed by atoms with Crippen LogP contribution >= 0.6 is 0 Å². The zero-order valence-electron chi connectivity index (χ0n) is 12.4. The Morgan fingerprint density at radius 2 is 2.35 bits per heavy atom. The molecule has 1 aromatic rings. The zero-order valence-corrected chi connectivity index (χ0v) is 12.4. The minimum absolute atomic E-state index is 0.0272. The first-order chi connectivity index (χ1) is 9.63. The van der Waals surface area contributed by atoms with E-state index in [1.165, 1.54) is 0 Å². The van der Waals surface area contributed by atoms with Gasteiger partial charge in [-0.15, -0.1) is 0 Å². The number of pyridine rings is 1. The van der Waals surface area contributed by atoms with Crippen LogP contribution in [0.1, 0.15) is 37.6 Å². The van der Waals surface area contributed by atoms with E-state index in [1.807, 2.05) is 24.8 Å². The molecule has 2 heterocycles. The molecule has 1 N–H and O–H groups in total. The van der Waals surface area contributed by atoms with E-state index in [2.05, 4.69) is 17.2 Å². The first-order valence-corrected chi connectivity index (χ1v) is 7.25. The topological polar surface area (TPSA) is 54.5 Å². The molecule has 2 rings (SSSR count). The number of morpholine rings is 1. The second-order valence-corrected chi connectivity index (χ2v) is 5.28. The lowest BCUT2D eigenvalue weighted by atomic mass is 10.1. The van der Waals surface area contributed by atoms with Crippen molar-refractivity contribution in [3.05, 3.63) is 23.9 Å². The van der Waals surface area contributed by atoms with E-state index in [1.54, 1.807) is 12.3 Å². The van der Waals surface area contributed by atoms with Crippen LogP contribution in [0.3, 0.4) is 0 Å². The summed E-state index contributed by atoms with van der Waals surface area (Å²) in [5.41, 5.74) is 0.641. The lowest BCUT2D eigenvalue weighted by Gasteiger charge is -2.37. The third kappa shape index (κ3) is 3.28. The molecule has 1 aromatic heterocycles. The molecule has 0 spiro atoms. The van der Waals surface area contributed by atoms with Gasteiger partial charge in [0.25, 0.3) is 5.91 Å². The van der Waals surface area contributed by atoms with Gasteiger partial charge in [0.2, 0.25) is 0 Å². The maximum Gasteiger partial charge on any atom is 0.258 e.